The van der Waals surface area contributed by atoms with Crippen LogP contribution in [0.15, 0.2) is 29.0 Å². The number of alkyl halides is 1. The molecule has 6 N–H and O–H groups in total. The number of likely N-dealkylation sites (N-methyl/N-ethyl adjacent to an activating group) is 1. The van der Waals surface area contributed by atoms with Crippen molar-refractivity contribution >= 4 is 46.4 Å². The molecule has 0 saturated heterocycles. The van der Waals surface area contributed by atoms with E-state index < -0.39 is 69.6 Å². The predicted octanol–water partition coefficient (Wildman–Crippen LogP) is 0.754. The van der Waals surface area contributed by atoms with Crippen LogP contribution in [0.2, 0.25) is 0 Å². The molecule has 222 valence electrons. The third kappa shape index (κ3) is 4.19. The molecule has 3 aliphatic rings. The Morgan fingerprint density at radius 2 is 1.71 bits per heavy atom. The molecule has 13 heteroatoms. The van der Waals surface area contributed by atoms with Crippen molar-refractivity contribution in [3.05, 3.63) is 40.2 Å². The van der Waals surface area contributed by atoms with Gasteiger partial charge in [-0.15, -0.1) is 11.6 Å². The largest absolute Gasteiger partial charge is 0.508 e. The number of ketones is 2. The van der Waals surface area contributed by atoms with Crippen molar-refractivity contribution in [1.29, 1.82) is 0 Å². The predicted molar refractivity (Wildman–Crippen MR) is 150 cm³/mol. The fourth-order valence-corrected chi connectivity index (χ4v) is 7.16. The molecule has 2 amide bonds. The zero-order chi connectivity index (χ0) is 30.8. The van der Waals surface area contributed by atoms with Crippen molar-refractivity contribution in [1.82, 2.24) is 15.5 Å². The first-order valence-electron chi connectivity index (χ1n) is 13.0. The van der Waals surface area contributed by atoms with Crippen LogP contribution < -0.4 is 15.5 Å². The summed E-state index contributed by atoms with van der Waals surface area (Å²) >= 11 is 5.44. The summed E-state index contributed by atoms with van der Waals surface area (Å²) in [6.45, 7) is 2.80. The minimum Gasteiger partial charge on any atom is -0.508 e. The number of phenols is 1. The van der Waals surface area contributed by atoms with Crippen molar-refractivity contribution in [2.75, 3.05) is 45.6 Å². The number of hydrogen-bond donors (Lipinski definition) is 6. The average molecular weight is 591 g/mol. The van der Waals surface area contributed by atoms with Crippen LogP contribution in [0.4, 0.5) is 5.69 Å². The second-order valence-electron chi connectivity index (χ2n) is 11.8. The minimum absolute atomic E-state index is 0.0387. The van der Waals surface area contributed by atoms with E-state index in [1.54, 1.807) is 41.2 Å². The molecule has 0 radical (unpaired) electrons. The molecule has 3 aliphatic carbocycles. The van der Waals surface area contributed by atoms with E-state index in [0.29, 0.717) is 11.3 Å². The molecule has 12 nitrogen and oxygen atoms in total. The maximum absolute atomic E-state index is 14.4. The molecule has 0 aliphatic heterocycles. The van der Waals surface area contributed by atoms with E-state index in [-0.39, 0.29) is 35.6 Å². The number of benzene rings is 1. The molecular formula is C28H35ClN4O8. The number of aliphatic hydroxyl groups excluding tert-OH is 2. The van der Waals surface area contributed by atoms with Crippen molar-refractivity contribution in [2.24, 2.45) is 10.8 Å². The summed E-state index contributed by atoms with van der Waals surface area (Å²) in [4.78, 5) is 56.1. The van der Waals surface area contributed by atoms with Crippen molar-refractivity contribution < 1.29 is 39.6 Å². The van der Waals surface area contributed by atoms with Crippen LogP contribution in [0.3, 0.4) is 0 Å². The van der Waals surface area contributed by atoms with Crippen LogP contribution in [0.25, 0.3) is 5.76 Å². The summed E-state index contributed by atoms with van der Waals surface area (Å²) in [6, 6.07) is 1.84. The Labute approximate surface area is 242 Å². The van der Waals surface area contributed by atoms with Crippen LogP contribution in [0.5, 0.6) is 5.75 Å². The van der Waals surface area contributed by atoms with Gasteiger partial charge in [0.2, 0.25) is 11.7 Å². The number of nitrogens with one attached hydrogen (secondary N) is 2. The number of carbonyl (C=O) groups excluding carboxylic acids is 4. The molecule has 0 heterocycles. The van der Waals surface area contributed by atoms with Gasteiger partial charge >= 0.3 is 0 Å². The van der Waals surface area contributed by atoms with E-state index in [1.807, 2.05) is 4.90 Å². The lowest BCUT2D eigenvalue weighted by Crippen LogP contribution is -2.72. The Morgan fingerprint density at radius 3 is 2.27 bits per heavy atom. The lowest BCUT2D eigenvalue weighted by molar-refractivity contribution is -0.176. The fraction of sp³-hybridized carbons (Fsp3) is 0.500. The summed E-state index contributed by atoms with van der Waals surface area (Å²) in [6.07, 6.45) is 0.121. The third-order valence-electron chi connectivity index (χ3n) is 8.61. The maximum atomic E-state index is 14.4. The van der Waals surface area contributed by atoms with Crippen LogP contribution in [0, 0.1) is 10.8 Å². The lowest BCUT2D eigenvalue weighted by atomic mass is 9.46. The minimum atomic E-state index is -2.79. The molecule has 1 fully saturated rings. The zero-order valence-electron chi connectivity index (χ0n) is 23.8. The van der Waals surface area contributed by atoms with Gasteiger partial charge in [0.1, 0.15) is 28.7 Å². The summed E-state index contributed by atoms with van der Waals surface area (Å²) in [5.41, 5.74) is -5.31. The van der Waals surface area contributed by atoms with Crippen molar-refractivity contribution in [3.63, 3.8) is 0 Å². The lowest BCUT2D eigenvalue weighted by Gasteiger charge is -2.59. The Balaban J connectivity index is 1.95. The molecule has 1 aromatic carbocycles. The van der Waals surface area contributed by atoms with E-state index in [1.165, 1.54) is 17.9 Å². The summed E-state index contributed by atoms with van der Waals surface area (Å²) in [5.74, 6) is -5.95. The fourth-order valence-electron chi connectivity index (χ4n) is 7.07. The van der Waals surface area contributed by atoms with Gasteiger partial charge in [-0.2, -0.15) is 0 Å². The van der Waals surface area contributed by atoms with E-state index >= 15 is 0 Å². The number of fused-ring (bicyclic) bond motifs is 3. The van der Waals surface area contributed by atoms with Crippen LogP contribution in [-0.4, -0.2) is 101 Å². The normalized spacial score (nSPS) is 29.1. The highest BCUT2D eigenvalue weighted by Gasteiger charge is 2.72. The molecule has 1 aromatic rings. The Bertz CT molecular complexity index is 1440. The smallest absolute Gasteiger partial charge is 0.259 e. The zero-order valence-corrected chi connectivity index (χ0v) is 24.5. The number of aromatic hydroxyl groups is 1. The van der Waals surface area contributed by atoms with E-state index in [2.05, 4.69) is 10.6 Å². The third-order valence-corrected chi connectivity index (χ3v) is 8.85. The number of halogens is 1. The number of carbonyl (C=O) groups is 4. The van der Waals surface area contributed by atoms with Gasteiger partial charge in [0.15, 0.2) is 11.4 Å². The number of aliphatic hydroxyl groups is 3. The number of nitrogens with zero attached hydrogens (tertiary/aromatic N) is 2. The van der Waals surface area contributed by atoms with Gasteiger partial charge in [0, 0.05) is 36.2 Å². The SMILES string of the molecule is CN(C)c1ccc(O)c2c1C[C@@]1(C)C[C@@]3(C)[C@H](N(C)C)C(=O)C(C(=O)NCNC(=O)CCl)=C(O)[C@@]3(O)C(=O)C1=C2O. The number of rotatable bonds is 6. The van der Waals surface area contributed by atoms with E-state index in [4.69, 9.17) is 11.6 Å². The topological polar surface area (TPSA) is 180 Å². The van der Waals surface area contributed by atoms with Gasteiger partial charge in [0.05, 0.1) is 18.3 Å². The van der Waals surface area contributed by atoms with E-state index in [0.717, 1.165) is 0 Å². The first-order chi connectivity index (χ1) is 19.0. The quantitative estimate of drug-likeness (QED) is 0.157. The Morgan fingerprint density at radius 1 is 1.07 bits per heavy atom. The van der Waals surface area contributed by atoms with Crippen LogP contribution >= 0.6 is 11.6 Å². The molecule has 0 spiro atoms. The highest BCUT2D eigenvalue weighted by molar-refractivity contribution is 6.27. The van der Waals surface area contributed by atoms with Crippen molar-refractivity contribution in [2.45, 2.75) is 38.3 Å². The van der Waals surface area contributed by atoms with Gasteiger partial charge in [-0.25, -0.2) is 0 Å². The number of hydrogen-bond acceptors (Lipinski definition) is 10. The van der Waals surface area contributed by atoms with Gasteiger partial charge in [-0.1, -0.05) is 13.8 Å². The van der Waals surface area contributed by atoms with Gasteiger partial charge < -0.3 is 36.0 Å². The highest BCUT2D eigenvalue weighted by Crippen LogP contribution is 2.63. The first-order valence-corrected chi connectivity index (χ1v) is 13.5. The molecule has 4 atom stereocenters. The summed E-state index contributed by atoms with van der Waals surface area (Å²) < 4.78 is 0. The molecule has 1 saturated carbocycles. The summed E-state index contributed by atoms with van der Waals surface area (Å²) in [7, 11) is 6.72. The number of anilines is 1. The molecule has 0 unspecified atom stereocenters. The molecule has 0 aromatic heterocycles. The number of Topliss-reactive ketones (excluding diaryl/α,β-unsaturated/α-hetero) is 2. The van der Waals surface area contributed by atoms with Gasteiger partial charge in [-0.05, 0) is 44.6 Å². The average Bonchev–Trinajstić information content (AvgIpc) is 2.85. The van der Waals surface area contributed by atoms with Crippen molar-refractivity contribution in [3.8, 4) is 5.75 Å². The molecule has 4 rings (SSSR count). The highest BCUT2D eigenvalue weighted by atomic mass is 35.5. The monoisotopic (exact) mass is 590 g/mol. The second-order valence-corrected chi connectivity index (χ2v) is 12.1. The van der Waals surface area contributed by atoms with Gasteiger partial charge in [0.25, 0.3) is 5.91 Å². The Kier molecular flexibility index (Phi) is 7.43. The molecular weight excluding hydrogens is 556 g/mol. The maximum Gasteiger partial charge on any atom is 0.259 e. The van der Waals surface area contributed by atoms with Crippen LogP contribution in [-0.2, 0) is 25.6 Å². The first kappa shape index (κ1) is 30.4. The second kappa shape index (κ2) is 10.0. The number of phenolic OH excluding ortho intramolecular Hbond substituents is 1. The van der Waals surface area contributed by atoms with E-state index in [9.17, 15) is 39.6 Å². The number of amides is 2. The van der Waals surface area contributed by atoms with Gasteiger partial charge in [-0.3, -0.25) is 24.1 Å². The summed E-state index contributed by atoms with van der Waals surface area (Å²) in [5, 5.41) is 50.4. The molecule has 41 heavy (non-hydrogen) atoms. The standard InChI is InChI=1S/C28H35ClN4O8/c1-26-9-13-14(32(3)4)7-8-15(34)17(13)20(36)19(26)24(39)28(41)23(38)18(25(40)31-12-30-16(35)10-29)21(37)22(33(5)6)27(28,2)11-26/h7-8,22,34,36,38,41H,9-12H2,1-6H3,(H,30,35)(H,31,40)/t22-,26+,27+,28-/m1/s1. The Hall–Kier alpha value is -3.61. The van der Waals surface area contributed by atoms with Crippen LogP contribution in [0.1, 0.15) is 31.4 Å². The molecule has 0 bridgehead atoms.